The van der Waals surface area contributed by atoms with Crippen molar-refractivity contribution in [2.24, 2.45) is 22.9 Å². The van der Waals surface area contributed by atoms with E-state index < -0.39 is 28.8 Å². The molecule has 0 bridgehead atoms. The van der Waals surface area contributed by atoms with Gasteiger partial charge >= 0.3 is 6.09 Å². The van der Waals surface area contributed by atoms with Crippen molar-refractivity contribution in [1.29, 1.82) is 0 Å². The summed E-state index contributed by atoms with van der Waals surface area (Å²) < 4.78 is 33.0. The standard InChI is InChI=1S/C55H67N3O11/c1-5-26-57(54(61)65-31-30-64-36-40-14-8-7-9-15-40)51-35-49(56-67-37-41-19-21-43(22-20-41)58(62)63)47-33-42(16-10-12-27-59)46(17-11-13-28-60)52-48-34-45(68-44-23-18-38(3)39(4)32-44)24-25-50(48)69-55(51,53(47)52)66-29-6-2/h6-9,14-15,18-25,32-34,42,46,51-53,59-60H,2,5,10-13,16-17,26-31,35-37H2,1,3-4H3/t42-,46+,51-,52+,53+,55+/m0/s1. The molecule has 1 heterocycles. The lowest BCUT2D eigenvalue weighted by atomic mass is 9.55. The number of aryl methyl sites for hydroxylation is 2. The van der Waals surface area contributed by atoms with E-state index in [-0.39, 0.29) is 69.5 Å². The van der Waals surface area contributed by atoms with Crippen molar-refractivity contribution in [2.75, 3.05) is 39.6 Å². The highest BCUT2D eigenvalue weighted by Gasteiger charge is 2.65. The largest absolute Gasteiger partial charge is 0.459 e. The molecule has 1 fully saturated rings. The number of nitro benzene ring substituents is 1. The zero-order valence-corrected chi connectivity index (χ0v) is 40.1. The lowest BCUT2D eigenvalue weighted by Gasteiger charge is -2.59. The number of ether oxygens (including phenoxy) is 5. The first kappa shape index (κ1) is 50.8. The molecular formula is C55H67N3O11. The van der Waals surface area contributed by atoms with Crippen LogP contribution in [0.2, 0.25) is 0 Å². The number of fused-ring (bicyclic) bond motifs is 2. The molecule has 69 heavy (non-hydrogen) atoms. The van der Waals surface area contributed by atoms with E-state index in [2.05, 4.69) is 32.6 Å². The number of hydrogen-bond donors (Lipinski definition) is 2. The van der Waals surface area contributed by atoms with Gasteiger partial charge in [0.05, 0.1) is 36.4 Å². The van der Waals surface area contributed by atoms with Crippen molar-refractivity contribution in [2.45, 2.75) is 103 Å². The van der Waals surface area contributed by atoms with Gasteiger partial charge in [0.25, 0.3) is 5.69 Å². The molecule has 14 nitrogen and oxygen atoms in total. The Morgan fingerprint density at radius 2 is 1.64 bits per heavy atom. The van der Waals surface area contributed by atoms with Crippen LogP contribution in [0.5, 0.6) is 17.2 Å². The summed E-state index contributed by atoms with van der Waals surface area (Å²) in [5.74, 6) is -0.317. The smallest absolute Gasteiger partial charge is 0.410 e. The van der Waals surface area contributed by atoms with Gasteiger partial charge in [-0.2, -0.15) is 0 Å². The Kier molecular flexibility index (Phi) is 18.0. The van der Waals surface area contributed by atoms with E-state index in [1.165, 1.54) is 12.1 Å². The number of oxime groups is 1. The Hall–Kier alpha value is -6.06. The maximum atomic E-state index is 14.7. The fourth-order valence-corrected chi connectivity index (χ4v) is 10.2. The van der Waals surface area contributed by atoms with Gasteiger partial charge < -0.3 is 38.7 Å². The molecule has 1 amide bonds. The van der Waals surface area contributed by atoms with E-state index in [1.54, 1.807) is 23.1 Å². The molecule has 0 radical (unpaired) electrons. The number of carbonyl (C=O) groups excluding carboxylic acids is 1. The van der Waals surface area contributed by atoms with Crippen LogP contribution in [-0.2, 0) is 32.3 Å². The minimum absolute atomic E-state index is 0.00425. The highest BCUT2D eigenvalue weighted by atomic mass is 16.7. The summed E-state index contributed by atoms with van der Waals surface area (Å²) in [5, 5.41) is 36.3. The molecule has 4 aromatic carbocycles. The van der Waals surface area contributed by atoms with Crippen LogP contribution in [-0.4, -0.2) is 83.2 Å². The number of aliphatic hydroxyl groups excluding tert-OH is 2. The van der Waals surface area contributed by atoms with Crippen molar-refractivity contribution in [1.82, 2.24) is 4.90 Å². The van der Waals surface area contributed by atoms with Crippen molar-refractivity contribution >= 4 is 17.5 Å². The molecule has 6 atom stereocenters. The summed E-state index contributed by atoms with van der Waals surface area (Å²) in [7, 11) is 0. The Bertz CT molecular complexity index is 2410. The van der Waals surface area contributed by atoms with Crippen molar-refractivity contribution in [3.63, 3.8) is 0 Å². The second kappa shape index (κ2) is 24.5. The minimum atomic E-state index is -1.48. The van der Waals surface area contributed by atoms with E-state index in [0.29, 0.717) is 60.9 Å². The van der Waals surface area contributed by atoms with E-state index in [9.17, 15) is 25.1 Å². The van der Waals surface area contributed by atoms with Crippen molar-refractivity contribution in [3.8, 4) is 17.2 Å². The third kappa shape index (κ3) is 12.2. The molecule has 1 saturated carbocycles. The first-order valence-electron chi connectivity index (χ1n) is 24.3. The zero-order chi connectivity index (χ0) is 48.8. The van der Waals surface area contributed by atoms with Gasteiger partial charge in [0, 0.05) is 49.8 Å². The number of aliphatic hydroxyl groups is 2. The van der Waals surface area contributed by atoms with E-state index >= 15 is 0 Å². The number of rotatable bonds is 25. The fourth-order valence-electron chi connectivity index (χ4n) is 10.2. The minimum Gasteiger partial charge on any atom is -0.459 e. The third-order valence-corrected chi connectivity index (χ3v) is 13.6. The second-order valence-corrected chi connectivity index (χ2v) is 18.2. The summed E-state index contributed by atoms with van der Waals surface area (Å²) in [6.45, 7) is 11.3. The first-order valence-corrected chi connectivity index (χ1v) is 24.3. The van der Waals surface area contributed by atoms with Gasteiger partial charge in [0.2, 0.25) is 5.79 Å². The predicted molar refractivity (Wildman–Crippen MR) is 263 cm³/mol. The summed E-state index contributed by atoms with van der Waals surface area (Å²) in [4.78, 5) is 33.5. The molecule has 0 saturated heterocycles. The maximum absolute atomic E-state index is 14.7. The second-order valence-electron chi connectivity index (χ2n) is 18.2. The Morgan fingerprint density at radius 3 is 2.35 bits per heavy atom. The Morgan fingerprint density at radius 1 is 0.913 bits per heavy atom. The van der Waals surface area contributed by atoms with Gasteiger partial charge in [-0.15, -0.1) is 6.58 Å². The van der Waals surface area contributed by atoms with Gasteiger partial charge in [-0.3, -0.25) is 15.0 Å². The van der Waals surface area contributed by atoms with Crippen molar-refractivity contribution < 1.29 is 48.5 Å². The number of unbranched alkanes of at least 4 members (excludes halogenated alkanes) is 2. The molecule has 4 aromatic rings. The van der Waals surface area contributed by atoms with Crippen LogP contribution in [0.15, 0.2) is 120 Å². The first-order chi connectivity index (χ1) is 33.6. The zero-order valence-electron chi connectivity index (χ0n) is 40.1. The van der Waals surface area contributed by atoms with Crippen LogP contribution in [0.3, 0.4) is 0 Å². The van der Waals surface area contributed by atoms with E-state index in [1.807, 2.05) is 67.6 Å². The molecule has 1 aliphatic heterocycles. The molecule has 0 spiro atoms. The number of nitrogens with zero attached hydrogens (tertiary/aromatic N) is 3. The summed E-state index contributed by atoms with van der Waals surface area (Å²) >= 11 is 0. The molecule has 2 N–H and O–H groups in total. The highest BCUT2D eigenvalue weighted by molar-refractivity contribution is 6.03. The van der Waals surface area contributed by atoms with Gasteiger partial charge in [0.15, 0.2) is 0 Å². The number of amides is 1. The fraction of sp³-hybridized carbons (Fsp3) is 0.455. The molecule has 7 rings (SSSR count). The molecule has 0 unspecified atom stereocenters. The van der Waals surface area contributed by atoms with Crippen LogP contribution in [0.4, 0.5) is 10.5 Å². The monoisotopic (exact) mass is 945 g/mol. The Balaban J connectivity index is 1.35. The number of nitro groups is 1. The average Bonchev–Trinajstić information content (AvgIpc) is 3.35. The van der Waals surface area contributed by atoms with Crippen LogP contribution < -0.4 is 9.47 Å². The van der Waals surface area contributed by atoms with Gasteiger partial charge in [-0.25, -0.2) is 4.79 Å². The summed E-state index contributed by atoms with van der Waals surface area (Å²) in [6.07, 6.45) is 8.57. The van der Waals surface area contributed by atoms with Gasteiger partial charge in [-0.05, 0) is 128 Å². The van der Waals surface area contributed by atoms with Crippen LogP contribution in [0.25, 0.3) is 0 Å². The molecule has 3 aliphatic rings. The third-order valence-electron chi connectivity index (χ3n) is 13.6. The quantitative estimate of drug-likeness (QED) is 0.0280. The van der Waals surface area contributed by atoms with Crippen molar-refractivity contribution in [3.05, 3.63) is 153 Å². The molecule has 0 aromatic heterocycles. The Labute approximate surface area is 405 Å². The number of benzene rings is 4. The lowest BCUT2D eigenvalue weighted by Crippen LogP contribution is -2.70. The summed E-state index contributed by atoms with van der Waals surface area (Å²) in [6, 6.07) is 27.1. The topological polar surface area (TPSA) is 172 Å². The molecule has 2 aliphatic carbocycles. The van der Waals surface area contributed by atoms with E-state index in [4.69, 9.17) is 33.7 Å². The van der Waals surface area contributed by atoms with E-state index in [0.717, 1.165) is 53.5 Å². The van der Waals surface area contributed by atoms with Crippen LogP contribution >= 0.6 is 0 Å². The molecule has 14 heteroatoms. The number of non-ortho nitro benzene ring substituents is 1. The maximum Gasteiger partial charge on any atom is 0.410 e. The lowest BCUT2D eigenvalue weighted by molar-refractivity contribution is -0.384. The van der Waals surface area contributed by atoms with Gasteiger partial charge in [0.1, 0.15) is 36.5 Å². The average molecular weight is 946 g/mol. The normalized spacial score (nSPS) is 21.8. The summed E-state index contributed by atoms with van der Waals surface area (Å²) in [5.41, 5.74) is 6.37. The number of carbonyl (C=O) groups is 1. The number of hydrogen-bond acceptors (Lipinski definition) is 12. The predicted octanol–water partition coefficient (Wildman–Crippen LogP) is 10.9. The molecular weight excluding hydrogens is 879 g/mol. The van der Waals surface area contributed by atoms with Crippen LogP contribution in [0.1, 0.15) is 92.0 Å². The SMILES string of the molecule is C=CCO[C@@]12Oc3ccc(Oc4ccc(C)c(C)c4)cc3[C@H]3[C@H](CCCCO)[C@@H](CCCCO)C=C(C(=NOCc4ccc([N+](=O)[O-])cc4)C[C@@H]1N(CCC)C(=O)OCCOCc1ccccc1)[C@H]32. The van der Waals surface area contributed by atoms with Gasteiger partial charge in [-0.1, -0.05) is 73.5 Å². The van der Waals surface area contributed by atoms with Crippen LogP contribution in [0, 0.1) is 41.7 Å². The highest BCUT2D eigenvalue weighted by Crippen LogP contribution is 2.62. The number of allylic oxidation sites excluding steroid dienone is 1. The molecule has 368 valence electrons.